The Hall–Kier alpha value is -0.0400. The quantitative estimate of drug-likeness (QED) is 0.445. The van der Waals surface area contributed by atoms with Gasteiger partial charge in [0.1, 0.15) is 0 Å². The van der Waals surface area contributed by atoms with E-state index in [4.69, 9.17) is 9.73 Å². The fourth-order valence-corrected chi connectivity index (χ4v) is 4.07. The molecule has 116 valence electrons. The van der Waals surface area contributed by atoms with Gasteiger partial charge >= 0.3 is 0 Å². The molecule has 0 aromatic heterocycles. The van der Waals surface area contributed by atoms with Gasteiger partial charge in [0.25, 0.3) is 0 Å². The Balaban J connectivity index is 0.00000147. The first-order valence-electron chi connectivity index (χ1n) is 7.82. The molecule has 0 aromatic carbocycles. The number of fused-ring (bicyclic) bond motifs is 1. The summed E-state index contributed by atoms with van der Waals surface area (Å²) in [6.07, 6.45) is 4.25. The lowest BCUT2D eigenvalue weighted by Crippen LogP contribution is -2.68. The van der Waals surface area contributed by atoms with Crippen LogP contribution in [0.4, 0.5) is 0 Å². The first-order chi connectivity index (χ1) is 9.14. The Kier molecular flexibility index (Phi) is 5.21. The smallest absolute Gasteiger partial charge is 0.194 e. The Labute approximate surface area is 139 Å². The van der Waals surface area contributed by atoms with E-state index in [2.05, 4.69) is 31.0 Å². The molecule has 3 fully saturated rings. The van der Waals surface area contributed by atoms with E-state index in [-0.39, 0.29) is 29.4 Å². The monoisotopic (exact) mass is 393 g/mol. The number of rotatable bonds is 2. The molecule has 1 aliphatic carbocycles. The Morgan fingerprint density at radius 3 is 2.70 bits per heavy atom. The van der Waals surface area contributed by atoms with Crippen molar-refractivity contribution in [3.8, 4) is 0 Å². The van der Waals surface area contributed by atoms with Crippen molar-refractivity contribution in [3.63, 3.8) is 0 Å². The van der Waals surface area contributed by atoms with Crippen molar-refractivity contribution < 1.29 is 4.74 Å². The molecule has 0 spiro atoms. The van der Waals surface area contributed by atoms with E-state index in [1.54, 1.807) is 0 Å². The van der Waals surface area contributed by atoms with Crippen LogP contribution in [0.1, 0.15) is 40.0 Å². The van der Waals surface area contributed by atoms with Crippen LogP contribution in [0.25, 0.3) is 0 Å². The fourth-order valence-electron chi connectivity index (χ4n) is 4.07. The maximum absolute atomic E-state index is 5.87. The van der Waals surface area contributed by atoms with E-state index in [1.807, 2.05) is 0 Å². The third kappa shape index (κ3) is 2.67. The molecule has 2 heterocycles. The molecule has 3 aliphatic rings. The minimum absolute atomic E-state index is 0. The SMILES string of the molecule is CCN=C(NC1C2CCOC2C1(C)C)N1CCCC1.I. The zero-order valence-electron chi connectivity index (χ0n) is 12.9. The second kappa shape index (κ2) is 6.38. The van der Waals surface area contributed by atoms with Crippen molar-refractivity contribution in [2.24, 2.45) is 16.3 Å². The van der Waals surface area contributed by atoms with Crippen LogP contribution >= 0.6 is 24.0 Å². The summed E-state index contributed by atoms with van der Waals surface area (Å²) < 4.78 is 5.87. The molecule has 1 N–H and O–H groups in total. The molecule has 2 aliphatic heterocycles. The topological polar surface area (TPSA) is 36.9 Å². The number of halogens is 1. The maximum atomic E-state index is 5.87. The summed E-state index contributed by atoms with van der Waals surface area (Å²) in [5, 5.41) is 3.75. The lowest BCUT2D eigenvalue weighted by atomic mass is 9.57. The van der Waals surface area contributed by atoms with Gasteiger partial charge in [0.15, 0.2) is 5.96 Å². The first kappa shape index (κ1) is 16.3. The van der Waals surface area contributed by atoms with E-state index in [0.29, 0.717) is 18.1 Å². The Morgan fingerprint density at radius 1 is 1.35 bits per heavy atom. The van der Waals surface area contributed by atoms with Crippen LogP contribution < -0.4 is 5.32 Å². The van der Waals surface area contributed by atoms with Gasteiger partial charge < -0.3 is 15.0 Å². The van der Waals surface area contributed by atoms with Crippen LogP contribution in [0.3, 0.4) is 0 Å². The van der Waals surface area contributed by atoms with E-state index in [1.165, 1.54) is 19.3 Å². The van der Waals surface area contributed by atoms with E-state index < -0.39 is 0 Å². The molecule has 1 saturated carbocycles. The Morgan fingerprint density at radius 2 is 2.05 bits per heavy atom. The van der Waals surface area contributed by atoms with E-state index >= 15 is 0 Å². The maximum Gasteiger partial charge on any atom is 0.194 e. The average Bonchev–Trinajstić information content (AvgIpc) is 3.03. The molecule has 4 nitrogen and oxygen atoms in total. The van der Waals surface area contributed by atoms with Crippen LogP contribution in [-0.4, -0.2) is 49.2 Å². The van der Waals surface area contributed by atoms with Crippen molar-refractivity contribution in [2.75, 3.05) is 26.2 Å². The minimum atomic E-state index is 0. The predicted molar refractivity (Wildman–Crippen MR) is 92.7 cm³/mol. The summed E-state index contributed by atoms with van der Waals surface area (Å²) in [4.78, 5) is 7.12. The van der Waals surface area contributed by atoms with Crippen LogP contribution in [0.15, 0.2) is 4.99 Å². The van der Waals surface area contributed by atoms with Crippen molar-refractivity contribution in [1.29, 1.82) is 0 Å². The number of ether oxygens (including phenoxy) is 1. The number of hydrogen-bond acceptors (Lipinski definition) is 2. The lowest BCUT2D eigenvalue weighted by molar-refractivity contribution is -0.107. The first-order valence-corrected chi connectivity index (χ1v) is 7.82. The van der Waals surface area contributed by atoms with Gasteiger partial charge in [0.2, 0.25) is 0 Å². The largest absolute Gasteiger partial charge is 0.377 e. The van der Waals surface area contributed by atoms with Gasteiger partial charge in [-0.15, -0.1) is 24.0 Å². The van der Waals surface area contributed by atoms with Crippen LogP contribution in [0.2, 0.25) is 0 Å². The van der Waals surface area contributed by atoms with E-state index in [9.17, 15) is 0 Å². The van der Waals surface area contributed by atoms with Gasteiger partial charge in [-0.3, -0.25) is 4.99 Å². The number of nitrogens with one attached hydrogen (secondary N) is 1. The molecule has 5 heteroatoms. The standard InChI is InChI=1S/C15H27N3O.HI/c1-4-16-14(18-8-5-6-9-18)17-12-11-7-10-19-13(11)15(12,2)3;/h11-13H,4-10H2,1-3H3,(H,16,17);1H. The predicted octanol–water partition coefficient (Wildman–Crippen LogP) is 2.48. The second-order valence-corrected chi connectivity index (χ2v) is 6.68. The summed E-state index contributed by atoms with van der Waals surface area (Å²) in [5.41, 5.74) is 0.232. The molecule has 0 radical (unpaired) electrons. The van der Waals surface area contributed by atoms with Gasteiger partial charge in [-0.2, -0.15) is 0 Å². The van der Waals surface area contributed by atoms with Crippen LogP contribution in [-0.2, 0) is 4.74 Å². The number of guanidine groups is 1. The second-order valence-electron chi connectivity index (χ2n) is 6.68. The molecule has 2 saturated heterocycles. The molecule has 0 amide bonds. The average molecular weight is 393 g/mol. The zero-order valence-corrected chi connectivity index (χ0v) is 15.2. The van der Waals surface area contributed by atoms with Crippen molar-refractivity contribution in [1.82, 2.24) is 10.2 Å². The summed E-state index contributed by atoms with van der Waals surface area (Å²) in [7, 11) is 0. The van der Waals surface area contributed by atoms with Crippen molar-refractivity contribution >= 4 is 29.9 Å². The third-order valence-corrected chi connectivity index (χ3v) is 5.10. The van der Waals surface area contributed by atoms with Crippen LogP contribution in [0.5, 0.6) is 0 Å². The van der Waals surface area contributed by atoms with Gasteiger partial charge in [-0.05, 0) is 26.2 Å². The molecule has 3 unspecified atom stereocenters. The summed E-state index contributed by atoms with van der Waals surface area (Å²) in [6, 6.07) is 0.519. The molecule has 0 bridgehead atoms. The van der Waals surface area contributed by atoms with Crippen LogP contribution in [0, 0.1) is 11.3 Å². The Bertz CT molecular complexity index is 366. The molecule has 20 heavy (non-hydrogen) atoms. The lowest BCUT2D eigenvalue weighted by Gasteiger charge is -2.55. The summed E-state index contributed by atoms with van der Waals surface area (Å²) in [5.74, 6) is 1.81. The highest BCUT2D eigenvalue weighted by atomic mass is 127. The number of hydrogen-bond donors (Lipinski definition) is 1. The van der Waals surface area contributed by atoms with E-state index in [0.717, 1.165) is 32.2 Å². The summed E-state index contributed by atoms with van der Waals surface area (Å²) >= 11 is 0. The third-order valence-electron chi connectivity index (χ3n) is 5.10. The molecule has 3 atom stereocenters. The summed E-state index contributed by atoms with van der Waals surface area (Å²) in [6.45, 7) is 10.9. The number of nitrogens with zero attached hydrogens (tertiary/aromatic N) is 2. The normalized spacial score (nSPS) is 35.2. The zero-order chi connectivity index (χ0) is 13.5. The minimum Gasteiger partial charge on any atom is -0.377 e. The number of likely N-dealkylation sites (tertiary alicyclic amines) is 1. The number of aliphatic imine (C=N–C) groups is 1. The highest BCUT2D eigenvalue weighted by Gasteiger charge is 2.59. The van der Waals surface area contributed by atoms with Gasteiger partial charge in [0, 0.05) is 43.6 Å². The van der Waals surface area contributed by atoms with Crippen molar-refractivity contribution in [2.45, 2.75) is 52.2 Å². The highest BCUT2D eigenvalue weighted by molar-refractivity contribution is 14.0. The van der Waals surface area contributed by atoms with Gasteiger partial charge in [0.05, 0.1) is 6.10 Å². The molecular formula is C15H28IN3O. The van der Waals surface area contributed by atoms with Crippen molar-refractivity contribution in [3.05, 3.63) is 0 Å². The molecule has 3 rings (SSSR count). The molecular weight excluding hydrogens is 365 g/mol. The fraction of sp³-hybridized carbons (Fsp3) is 0.933. The van der Waals surface area contributed by atoms with Gasteiger partial charge in [-0.1, -0.05) is 13.8 Å². The van der Waals surface area contributed by atoms with Gasteiger partial charge in [-0.25, -0.2) is 0 Å². The molecule has 0 aromatic rings. The highest BCUT2D eigenvalue weighted by Crippen LogP contribution is 2.52.